The first-order valence-corrected chi connectivity index (χ1v) is 12.7. The fraction of sp³-hybridized carbons (Fsp3) is 0.385. The standard InChI is InChI=1S/C26H26N4O10/c31-23-17-7-3-9-19(29(35)36)21(17)25(33)27(23)11-5-15-39-13-1-2-14-40-16-6-12-28-24(32)18-8-4-10-20(30(37)38)22(18)26(28)34/h3-4,7-10H,1-2,5-6,11-16H2. The number of ether oxygens (including phenoxy) is 2. The van der Waals surface area contributed by atoms with Gasteiger partial charge in [0.2, 0.25) is 0 Å². The van der Waals surface area contributed by atoms with Crippen LogP contribution in [0.3, 0.4) is 0 Å². The fourth-order valence-electron chi connectivity index (χ4n) is 4.60. The van der Waals surface area contributed by atoms with Gasteiger partial charge in [-0.2, -0.15) is 0 Å². The van der Waals surface area contributed by atoms with E-state index < -0.39 is 33.5 Å². The van der Waals surface area contributed by atoms with Crippen LogP contribution in [0.2, 0.25) is 0 Å². The summed E-state index contributed by atoms with van der Waals surface area (Å²) < 4.78 is 11.1. The molecular formula is C26H26N4O10. The second-order valence-corrected chi connectivity index (χ2v) is 9.08. The quantitative estimate of drug-likeness (QED) is 0.137. The monoisotopic (exact) mass is 554 g/mol. The number of benzene rings is 2. The average molecular weight is 555 g/mol. The van der Waals surface area contributed by atoms with Gasteiger partial charge in [0, 0.05) is 51.6 Å². The van der Waals surface area contributed by atoms with Gasteiger partial charge in [-0.15, -0.1) is 0 Å². The highest BCUT2D eigenvalue weighted by atomic mass is 16.6. The molecule has 0 N–H and O–H groups in total. The maximum Gasteiger partial charge on any atom is 0.282 e. The van der Waals surface area contributed by atoms with Crippen LogP contribution in [0.4, 0.5) is 11.4 Å². The van der Waals surface area contributed by atoms with E-state index in [4.69, 9.17) is 9.47 Å². The molecule has 2 aliphatic heterocycles. The molecule has 0 aliphatic carbocycles. The molecule has 14 heteroatoms. The molecule has 2 heterocycles. The van der Waals surface area contributed by atoms with E-state index in [1.165, 1.54) is 36.4 Å². The Labute approximate surface area is 227 Å². The summed E-state index contributed by atoms with van der Waals surface area (Å²) >= 11 is 0. The minimum atomic E-state index is -0.676. The third kappa shape index (κ3) is 5.72. The van der Waals surface area contributed by atoms with E-state index in [-0.39, 0.29) is 46.7 Å². The van der Waals surface area contributed by atoms with Crippen LogP contribution in [0.25, 0.3) is 0 Å². The normalized spacial score (nSPS) is 14.2. The molecule has 4 rings (SSSR count). The van der Waals surface area contributed by atoms with E-state index in [0.29, 0.717) is 52.1 Å². The van der Waals surface area contributed by atoms with Gasteiger partial charge in [-0.3, -0.25) is 49.2 Å². The molecule has 14 nitrogen and oxygen atoms in total. The molecule has 0 saturated carbocycles. The van der Waals surface area contributed by atoms with Gasteiger partial charge in [0.05, 0.1) is 21.0 Å². The molecule has 0 spiro atoms. The van der Waals surface area contributed by atoms with Crippen LogP contribution in [0.5, 0.6) is 0 Å². The van der Waals surface area contributed by atoms with Crippen molar-refractivity contribution in [3.05, 3.63) is 78.9 Å². The third-order valence-electron chi connectivity index (χ3n) is 6.52. The molecule has 2 aliphatic rings. The second-order valence-electron chi connectivity index (χ2n) is 9.08. The molecule has 2 aromatic carbocycles. The van der Waals surface area contributed by atoms with Gasteiger partial charge in [-0.25, -0.2) is 0 Å². The zero-order chi connectivity index (χ0) is 28.8. The van der Waals surface area contributed by atoms with Crippen molar-refractivity contribution in [2.45, 2.75) is 25.7 Å². The van der Waals surface area contributed by atoms with Gasteiger partial charge in [0.1, 0.15) is 11.1 Å². The van der Waals surface area contributed by atoms with E-state index in [1.807, 2.05) is 0 Å². The Morgan fingerprint density at radius 1 is 0.575 bits per heavy atom. The van der Waals surface area contributed by atoms with Crippen LogP contribution in [0, 0.1) is 20.2 Å². The van der Waals surface area contributed by atoms with Crippen LogP contribution in [-0.4, -0.2) is 82.8 Å². The van der Waals surface area contributed by atoms with Crippen molar-refractivity contribution in [1.29, 1.82) is 0 Å². The predicted molar refractivity (Wildman–Crippen MR) is 137 cm³/mol. The summed E-state index contributed by atoms with van der Waals surface area (Å²) in [5, 5.41) is 22.3. The van der Waals surface area contributed by atoms with Crippen LogP contribution in [0.1, 0.15) is 67.1 Å². The molecule has 0 fully saturated rings. The molecule has 210 valence electrons. The first kappa shape index (κ1) is 28.4. The minimum Gasteiger partial charge on any atom is -0.381 e. The van der Waals surface area contributed by atoms with Crippen molar-refractivity contribution in [1.82, 2.24) is 9.80 Å². The van der Waals surface area contributed by atoms with Gasteiger partial charge in [0.15, 0.2) is 0 Å². The van der Waals surface area contributed by atoms with E-state index in [0.717, 1.165) is 9.80 Å². The molecule has 0 unspecified atom stereocenters. The minimum absolute atomic E-state index is 0.0350. The lowest BCUT2D eigenvalue weighted by atomic mass is 10.1. The van der Waals surface area contributed by atoms with E-state index in [2.05, 4.69) is 0 Å². The molecule has 0 bridgehead atoms. The highest BCUT2D eigenvalue weighted by molar-refractivity contribution is 6.23. The van der Waals surface area contributed by atoms with Gasteiger partial charge in [-0.1, -0.05) is 12.1 Å². The summed E-state index contributed by atoms with van der Waals surface area (Å²) in [6.45, 7) is 1.65. The SMILES string of the molecule is O=C1c2cccc([N+](=O)[O-])c2C(=O)N1CCCOCCCCOCCCN1C(=O)c2cccc([N+](=O)[O-])c2C1=O. The Morgan fingerprint density at radius 2 is 0.950 bits per heavy atom. The predicted octanol–water partition coefficient (Wildman–Crippen LogP) is 2.99. The number of amides is 4. The number of carbonyl (C=O) groups is 4. The summed E-state index contributed by atoms with van der Waals surface area (Å²) in [4.78, 5) is 73.0. The number of carbonyl (C=O) groups excluding carboxylic acids is 4. The number of hydrogen-bond acceptors (Lipinski definition) is 10. The summed E-state index contributed by atoms with van der Waals surface area (Å²) in [6.07, 6.45) is 2.16. The Balaban J connectivity index is 1.06. The lowest BCUT2D eigenvalue weighted by molar-refractivity contribution is -0.385. The van der Waals surface area contributed by atoms with Crippen LogP contribution >= 0.6 is 0 Å². The second kappa shape index (κ2) is 12.5. The van der Waals surface area contributed by atoms with Crippen LogP contribution in [-0.2, 0) is 9.47 Å². The van der Waals surface area contributed by atoms with Crippen molar-refractivity contribution in [3.63, 3.8) is 0 Å². The van der Waals surface area contributed by atoms with E-state index >= 15 is 0 Å². The van der Waals surface area contributed by atoms with Gasteiger partial charge >= 0.3 is 0 Å². The fourth-order valence-corrected chi connectivity index (χ4v) is 4.60. The van der Waals surface area contributed by atoms with Crippen LogP contribution < -0.4 is 0 Å². The number of nitro groups is 2. The number of imide groups is 2. The number of unbranched alkanes of at least 4 members (excludes halogenated alkanes) is 1. The Morgan fingerprint density at radius 3 is 1.32 bits per heavy atom. The summed E-state index contributed by atoms with van der Waals surface area (Å²) in [5.41, 5.74) is -1.05. The van der Waals surface area contributed by atoms with Crippen molar-refractivity contribution in [2.24, 2.45) is 0 Å². The number of hydrogen-bond donors (Lipinski definition) is 0. The van der Waals surface area contributed by atoms with Gasteiger partial charge in [-0.05, 0) is 37.8 Å². The van der Waals surface area contributed by atoms with E-state index in [1.54, 1.807) is 0 Å². The van der Waals surface area contributed by atoms with Gasteiger partial charge < -0.3 is 9.47 Å². The molecule has 2 aromatic rings. The largest absolute Gasteiger partial charge is 0.381 e. The Hall–Kier alpha value is -4.56. The summed E-state index contributed by atoms with van der Waals surface area (Å²) in [6, 6.07) is 7.96. The average Bonchev–Trinajstić information content (AvgIpc) is 3.33. The smallest absolute Gasteiger partial charge is 0.282 e. The molecule has 0 radical (unpaired) electrons. The first-order chi connectivity index (χ1) is 19.2. The molecule has 0 aromatic heterocycles. The molecule has 4 amide bonds. The first-order valence-electron chi connectivity index (χ1n) is 12.7. The lowest BCUT2D eigenvalue weighted by Gasteiger charge is -2.14. The number of nitro benzene ring substituents is 2. The van der Waals surface area contributed by atoms with Crippen LogP contribution in [0.15, 0.2) is 36.4 Å². The highest BCUT2D eigenvalue weighted by Gasteiger charge is 2.41. The number of rotatable bonds is 15. The van der Waals surface area contributed by atoms with Crippen molar-refractivity contribution in [3.8, 4) is 0 Å². The summed E-state index contributed by atoms with van der Waals surface area (Å²) in [5.74, 6) is -2.45. The van der Waals surface area contributed by atoms with Crippen molar-refractivity contribution < 1.29 is 38.5 Å². The van der Waals surface area contributed by atoms with Crippen molar-refractivity contribution in [2.75, 3.05) is 39.5 Å². The lowest BCUT2D eigenvalue weighted by Crippen LogP contribution is -2.31. The number of nitrogens with zero attached hydrogens (tertiary/aromatic N) is 4. The molecule has 40 heavy (non-hydrogen) atoms. The topological polar surface area (TPSA) is 180 Å². The Bertz CT molecular complexity index is 1270. The van der Waals surface area contributed by atoms with Gasteiger partial charge in [0.25, 0.3) is 35.0 Å². The zero-order valence-electron chi connectivity index (χ0n) is 21.4. The molecular weight excluding hydrogens is 528 g/mol. The van der Waals surface area contributed by atoms with Crippen molar-refractivity contribution >= 4 is 35.0 Å². The maximum absolute atomic E-state index is 12.5. The Kier molecular flexibility index (Phi) is 8.91. The summed E-state index contributed by atoms with van der Waals surface area (Å²) in [7, 11) is 0. The molecule has 0 saturated heterocycles. The van der Waals surface area contributed by atoms with E-state index in [9.17, 15) is 39.4 Å². The zero-order valence-corrected chi connectivity index (χ0v) is 21.4. The number of fused-ring (bicyclic) bond motifs is 2. The molecule has 0 atom stereocenters. The third-order valence-corrected chi connectivity index (χ3v) is 6.52. The highest BCUT2D eigenvalue weighted by Crippen LogP contribution is 2.31. The maximum atomic E-state index is 12.5.